The summed E-state index contributed by atoms with van der Waals surface area (Å²) in [7, 11) is 0. The first kappa shape index (κ1) is 17.4. The number of halogens is 1. The van der Waals surface area contributed by atoms with Crippen LogP contribution in [0.1, 0.15) is 17.2 Å². The van der Waals surface area contributed by atoms with E-state index in [1.54, 1.807) is 0 Å². The van der Waals surface area contributed by atoms with Gasteiger partial charge in [-0.25, -0.2) is 4.99 Å². The van der Waals surface area contributed by atoms with Gasteiger partial charge in [0.15, 0.2) is 5.29 Å². The first-order valence-corrected chi connectivity index (χ1v) is 11.3. The summed E-state index contributed by atoms with van der Waals surface area (Å²) in [6.07, 6.45) is 0. The Kier molecular flexibility index (Phi) is 3.54. The number of para-hydroxylation sites is 1. The summed E-state index contributed by atoms with van der Waals surface area (Å²) in [5.41, 5.74) is 3.02. The lowest BCUT2D eigenvalue weighted by molar-refractivity contribution is 0.625. The molecule has 31 heavy (non-hydrogen) atoms. The number of benzene rings is 4. The lowest BCUT2D eigenvalue weighted by Gasteiger charge is -2.21. The molecule has 1 unspecified atom stereocenters. The zero-order valence-electron chi connectivity index (χ0n) is 16.2. The van der Waals surface area contributed by atoms with E-state index in [4.69, 9.17) is 21.0 Å². The number of hydrogen-bond acceptors (Lipinski definition) is 4. The predicted octanol–water partition coefficient (Wildman–Crippen LogP) is 8.06. The Morgan fingerprint density at radius 1 is 0.871 bits per heavy atom. The molecule has 1 atom stereocenters. The van der Waals surface area contributed by atoms with E-state index in [0.29, 0.717) is 11.2 Å². The number of nitrogens with zero attached hydrogens (tertiary/aromatic N) is 1. The highest BCUT2D eigenvalue weighted by Crippen LogP contribution is 2.48. The number of furan rings is 1. The molecule has 0 fully saturated rings. The van der Waals surface area contributed by atoms with Crippen LogP contribution in [0.2, 0.25) is 0 Å². The molecule has 0 aliphatic carbocycles. The monoisotopic (exact) mass is 438 g/mol. The van der Waals surface area contributed by atoms with Crippen LogP contribution in [0, 0.1) is 0 Å². The van der Waals surface area contributed by atoms with Crippen LogP contribution >= 0.6 is 22.9 Å². The predicted molar refractivity (Wildman–Crippen MR) is 132 cm³/mol. The Labute approximate surface area is 186 Å². The summed E-state index contributed by atoms with van der Waals surface area (Å²) < 4.78 is 8.62. The highest BCUT2D eigenvalue weighted by atomic mass is 35.5. The van der Waals surface area contributed by atoms with Gasteiger partial charge in [-0.05, 0) is 46.1 Å². The van der Waals surface area contributed by atoms with Gasteiger partial charge in [-0.1, -0.05) is 60.7 Å². The van der Waals surface area contributed by atoms with E-state index in [1.807, 2.05) is 29.5 Å². The first-order valence-electron chi connectivity index (χ1n) is 10.1. The number of nitrogens with one attached hydrogen (secondary N) is 1. The second-order valence-electron chi connectivity index (χ2n) is 7.78. The quantitative estimate of drug-likeness (QED) is 0.263. The zero-order chi connectivity index (χ0) is 20.5. The molecule has 0 radical (unpaired) electrons. The van der Waals surface area contributed by atoms with E-state index in [1.165, 1.54) is 30.9 Å². The van der Waals surface area contributed by atoms with Gasteiger partial charge >= 0.3 is 0 Å². The molecule has 2 aromatic heterocycles. The van der Waals surface area contributed by atoms with Crippen molar-refractivity contribution in [2.45, 2.75) is 6.04 Å². The lowest BCUT2D eigenvalue weighted by atomic mass is 9.92. The van der Waals surface area contributed by atoms with Crippen molar-refractivity contribution >= 4 is 76.0 Å². The van der Waals surface area contributed by atoms with Gasteiger partial charge in [0.1, 0.15) is 11.6 Å². The summed E-state index contributed by atoms with van der Waals surface area (Å²) in [6, 6.07) is 27.3. The standard InChI is InChI=1S/C26H15ClN2OS/c27-26-28-23(22-16-9-3-5-11-19(16)30-25(22)29-26)18-13-14-7-1-2-8-15(14)21-17-10-4-6-12-20(17)31-24(18)21/h1-13,23H,(H,28,29). The molecule has 1 aliphatic rings. The number of hydrogen-bond donors (Lipinski definition) is 1. The largest absolute Gasteiger partial charge is 0.440 e. The molecule has 0 saturated heterocycles. The fraction of sp³-hybridized carbons (Fsp3) is 0.0385. The molecular formula is C26H15ClN2OS. The third-order valence-corrected chi connectivity index (χ3v) is 7.47. The van der Waals surface area contributed by atoms with Crippen molar-refractivity contribution in [3.8, 4) is 0 Å². The fourth-order valence-corrected chi connectivity index (χ4v) is 6.20. The van der Waals surface area contributed by atoms with E-state index < -0.39 is 0 Å². The molecule has 0 spiro atoms. The third kappa shape index (κ3) is 2.43. The molecule has 1 aliphatic heterocycles. The molecule has 0 bridgehead atoms. The molecule has 5 heteroatoms. The number of thiophene rings is 1. The van der Waals surface area contributed by atoms with Crippen molar-refractivity contribution in [3.63, 3.8) is 0 Å². The number of fused-ring (bicyclic) bond motifs is 8. The van der Waals surface area contributed by atoms with Crippen LogP contribution in [0.3, 0.4) is 0 Å². The molecular weight excluding hydrogens is 424 g/mol. The van der Waals surface area contributed by atoms with Gasteiger partial charge in [-0.2, -0.15) is 0 Å². The fourth-order valence-electron chi connectivity index (χ4n) is 4.76. The van der Waals surface area contributed by atoms with Gasteiger partial charge < -0.3 is 9.73 Å². The minimum absolute atomic E-state index is 0.243. The number of rotatable bonds is 1. The molecule has 0 saturated carbocycles. The molecule has 1 N–H and O–H groups in total. The Hall–Kier alpha value is -3.34. The van der Waals surface area contributed by atoms with Crippen molar-refractivity contribution in [1.29, 1.82) is 0 Å². The zero-order valence-corrected chi connectivity index (χ0v) is 17.8. The summed E-state index contributed by atoms with van der Waals surface area (Å²) >= 11 is 8.26. The van der Waals surface area contributed by atoms with Crippen molar-refractivity contribution in [2.24, 2.45) is 4.99 Å². The maximum absolute atomic E-state index is 6.45. The summed E-state index contributed by atoms with van der Waals surface area (Å²) in [6.45, 7) is 0. The van der Waals surface area contributed by atoms with Gasteiger partial charge in [0.25, 0.3) is 0 Å². The van der Waals surface area contributed by atoms with Crippen LogP contribution in [-0.4, -0.2) is 5.29 Å². The summed E-state index contributed by atoms with van der Waals surface area (Å²) in [5.74, 6) is 0.675. The SMILES string of the molecule is ClC1=NC(c2cc3ccccc3c3c2sc2ccccc23)c2c(oc3ccccc23)N1. The molecule has 3 heterocycles. The molecule has 4 aromatic carbocycles. The maximum Gasteiger partial charge on any atom is 0.206 e. The Morgan fingerprint density at radius 2 is 1.61 bits per heavy atom. The minimum atomic E-state index is -0.243. The first-order chi connectivity index (χ1) is 15.3. The molecule has 7 rings (SSSR count). The van der Waals surface area contributed by atoms with Crippen LogP contribution < -0.4 is 5.32 Å². The second-order valence-corrected chi connectivity index (χ2v) is 9.19. The third-order valence-electron chi connectivity index (χ3n) is 6.06. The maximum atomic E-state index is 6.45. The molecule has 148 valence electrons. The van der Waals surface area contributed by atoms with Gasteiger partial charge in [-0.15, -0.1) is 11.3 Å². The number of anilines is 1. The summed E-state index contributed by atoms with van der Waals surface area (Å²) in [5, 5.41) is 9.55. The van der Waals surface area contributed by atoms with Crippen LogP contribution in [-0.2, 0) is 0 Å². The number of amidine groups is 1. The van der Waals surface area contributed by atoms with Crippen molar-refractivity contribution < 1.29 is 4.42 Å². The summed E-state index contributed by atoms with van der Waals surface area (Å²) in [4.78, 5) is 4.86. The highest BCUT2D eigenvalue weighted by molar-refractivity contribution is 7.26. The van der Waals surface area contributed by atoms with Gasteiger partial charge in [0.05, 0.1) is 5.56 Å². The Balaban J connectivity index is 1.64. The van der Waals surface area contributed by atoms with Crippen molar-refractivity contribution in [3.05, 3.63) is 90.0 Å². The average Bonchev–Trinajstić information content (AvgIpc) is 3.36. The van der Waals surface area contributed by atoms with E-state index in [0.717, 1.165) is 22.1 Å². The van der Waals surface area contributed by atoms with Crippen LogP contribution in [0.5, 0.6) is 0 Å². The second kappa shape index (κ2) is 6.33. The van der Waals surface area contributed by atoms with Gasteiger partial charge in [-0.3, -0.25) is 0 Å². The van der Waals surface area contributed by atoms with Gasteiger partial charge in [0, 0.05) is 25.6 Å². The Bertz CT molecular complexity index is 1690. The van der Waals surface area contributed by atoms with E-state index in [9.17, 15) is 0 Å². The van der Waals surface area contributed by atoms with Crippen molar-refractivity contribution in [1.82, 2.24) is 0 Å². The molecule has 0 amide bonds. The Morgan fingerprint density at radius 3 is 2.52 bits per heavy atom. The van der Waals surface area contributed by atoms with E-state index >= 15 is 0 Å². The van der Waals surface area contributed by atoms with Crippen LogP contribution in [0.15, 0.2) is 88.3 Å². The topological polar surface area (TPSA) is 37.5 Å². The highest BCUT2D eigenvalue weighted by Gasteiger charge is 2.30. The van der Waals surface area contributed by atoms with E-state index in [2.05, 4.69) is 66.0 Å². The smallest absolute Gasteiger partial charge is 0.206 e. The minimum Gasteiger partial charge on any atom is -0.440 e. The van der Waals surface area contributed by atoms with Crippen LogP contribution in [0.25, 0.3) is 41.9 Å². The average molecular weight is 439 g/mol. The number of aliphatic imine (C=N–C) groups is 1. The van der Waals surface area contributed by atoms with Crippen LogP contribution in [0.4, 0.5) is 5.88 Å². The molecule has 3 nitrogen and oxygen atoms in total. The van der Waals surface area contributed by atoms with E-state index in [-0.39, 0.29) is 6.04 Å². The van der Waals surface area contributed by atoms with Crippen molar-refractivity contribution in [2.75, 3.05) is 5.32 Å². The normalized spacial score (nSPS) is 16.0. The lowest BCUT2D eigenvalue weighted by Crippen LogP contribution is -2.15. The molecule has 6 aromatic rings. The van der Waals surface area contributed by atoms with Gasteiger partial charge in [0.2, 0.25) is 5.88 Å².